The van der Waals surface area contributed by atoms with E-state index in [4.69, 9.17) is 11.6 Å². The number of piperazine rings is 1. The lowest BCUT2D eigenvalue weighted by Crippen LogP contribution is -2.46. The molecule has 2 heterocycles. The van der Waals surface area contributed by atoms with E-state index in [1.807, 2.05) is 6.92 Å². The smallest absolute Gasteiger partial charge is 0.144 e. The van der Waals surface area contributed by atoms with Crippen molar-refractivity contribution < 1.29 is 0 Å². The maximum Gasteiger partial charge on any atom is 0.144 e. The van der Waals surface area contributed by atoms with Crippen molar-refractivity contribution in [2.24, 2.45) is 0 Å². The third kappa shape index (κ3) is 2.99. The Balaban J connectivity index is 1.56. The first-order valence-corrected chi connectivity index (χ1v) is 7.05. The summed E-state index contributed by atoms with van der Waals surface area (Å²) in [6, 6.07) is 2.69. The van der Waals surface area contributed by atoms with Crippen LogP contribution in [0.4, 0.5) is 0 Å². The first-order chi connectivity index (χ1) is 8.70. The van der Waals surface area contributed by atoms with Crippen LogP contribution in [0.3, 0.4) is 0 Å². The molecule has 1 aromatic heterocycles. The van der Waals surface area contributed by atoms with Gasteiger partial charge in [0, 0.05) is 37.9 Å². The van der Waals surface area contributed by atoms with Crippen LogP contribution in [0.1, 0.15) is 24.4 Å². The summed E-state index contributed by atoms with van der Waals surface area (Å²) in [6.45, 7) is 7.38. The Bertz CT molecular complexity index is 405. The van der Waals surface area contributed by atoms with Crippen molar-refractivity contribution >= 4 is 11.6 Å². The summed E-state index contributed by atoms with van der Waals surface area (Å²) in [5, 5.41) is 0.550. The summed E-state index contributed by atoms with van der Waals surface area (Å²) < 4.78 is 0. The average Bonchev–Trinajstić information content (AvgIpc) is 3.12. The molecule has 2 aliphatic rings. The van der Waals surface area contributed by atoms with Gasteiger partial charge >= 0.3 is 0 Å². The van der Waals surface area contributed by atoms with E-state index in [1.54, 1.807) is 6.07 Å². The summed E-state index contributed by atoms with van der Waals surface area (Å²) >= 11 is 5.96. The normalized spacial score (nSPS) is 22.3. The van der Waals surface area contributed by atoms with E-state index in [0.717, 1.165) is 37.2 Å². The van der Waals surface area contributed by atoms with Gasteiger partial charge in [-0.3, -0.25) is 9.80 Å². The Morgan fingerprint density at radius 2 is 1.94 bits per heavy atom. The van der Waals surface area contributed by atoms with Gasteiger partial charge in [0.05, 0.1) is 6.54 Å². The number of aromatic nitrogens is 2. The molecule has 5 heteroatoms. The van der Waals surface area contributed by atoms with Crippen LogP contribution in [0.15, 0.2) is 6.07 Å². The molecule has 0 N–H and O–H groups in total. The summed E-state index contributed by atoms with van der Waals surface area (Å²) in [6.07, 6.45) is 2.80. The number of aryl methyl sites for hydroxylation is 1. The van der Waals surface area contributed by atoms with Gasteiger partial charge < -0.3 is 0 Å². The number of nitrogens with zero attached hydrogens (tertiary/aromatic N) is 4. The highest BCUT2D eigenvalue weighted by molar-refractivity contribution is 6.29. The van der Waals surface area contributed by atoms with Crippen molar-refractivity contribution in [3.05, 3.63) is 22.7 Å². The Hall–Kier alpha value is -0.710. The maximum absolute atomic E-state index is 5.96. The fourth-order valence-corrected chi connectivity index (χ4v) is 2.84. The highest BCUT2D eigenvalue weighted by atomic mass is 35.5. The van der Waals surface area contributed by atoms with E-state index < -0.39 is 0 Å². The van der Waals surface area contributed by atoms with E-state index in [0.29, 0.717) is 5.15 Å². The third-order valence-corrected chi connectivity index (χ3v) is 3.90. The lowest BCUT2D eigenvalue weighted by molar-refractivity contribution is 0.119. The summed E-state index contributed by atoms with van der Waals surface area (Å²) in [5.74, 6) is 0.847. The quantitative estimate of drug-likeness (QED) is 0.780. The molecule has 18 heavy (non-hydrogen) atoms. The Morgan fingerprint density at radius 1 is 1.22 bits per heavy atom. The molecule has 1 saturated heterocycles. The molecular formula is C13H19ClN4. The van der Waals surface area contributed by atoms with Crippen LogP contribution in [-0.2, 0) is 6.54 Å². The van der Waals surface area contributed by atoms with Crippen molar-refractivity contribution in [2.75, 3.05) is 26.2 Å². The van der Waals surface area contributed by atoms with Crippen molar-refractivity contribution in [1.82, 2.24) is 19.8 Å². The first-order valence-electron chi connectivity index (χ1n) is 6.67. The molecule has 0 atom stereocenters. The molecule has 0 amide bonds. The lowest BCUT2D eigenvalue weighted by atomic mass is 10.3. The first kappa shape index (κ1) is 12.3. The number of hydrogen-bond acceptors (Lipinski definition) is 4. The second-order valence-electron chi connectivity index (χ2n) is 5.29. The lowest BCUT2D eigenvalue weighted by Gasteiger charge is -2.34. The largest absolute Gasteiger partial charge is 0.298 e. The van der Waals surface area contributed by atoms with Gasteiger partial charge in [-0.1, -0.05) is 11.6 Å². The molecule has 1 aromatic rings. The molecule has 0 aromatic carbocycles. The molecule has 1 aliphatic carbocycles. The molecule has 1 aliphatic heterocycles. The highest BCUT2D eigenvalue weighted by Gasteiger charge is 2.31. The van der Waals surface area contributed by atoms with Crippen LogP contribution in [0.2, 0.25) is 5.15 Å². The number of halogens is 1. The Kier molecular flexibility index (Phi) is 3.50. The minimum atomic E-state index is 0.550. The van der Waals surface area contributed by atoms with Crippen LogP contribution in [0.5, 0.6) is 0 Å². The second-order valence-corrected chi connectivity index (χ2v) is 5.68. The molecule has 98 valence electrons. The summed E-state index contributed by atoms with van der Waals surface area (Å²) in [5.41, 5.74) is 0.946. The van der Waals surface area contributed by atoms with E-state index in [1.165, 1.54) is 25.9 Å². The third-order valence-electron chi connectivity index (χ3n) is 3.70. The molecule has 3 rings (SSSR count). The Morgan fingerprint density at radius 3 is 2.56 bits per heavy atom. The van der Waals surface area contributed by atoms with Crippen LogP contribution >= 0.6 is 11.6 Å². The fourth-order valence-electron chi connectivity index (χ4n) is 2.59. The molecular weight excluding hydrogens is 248 g/mol. The van der Waals surface area contributed by atoms with E-state index in [9.17, 15) is 0 Å². The van der Waals surface area contributed by atoms with Crippen LogP contribution in [-0.4, -0.2) is 52.0 Å². The number of rotatable bonds is 3. The fraction of sp³-hybridized carbons (Fsp3) is 0.692. The predicted molar refractivity (Wildman–Crippen MR) is 71.7 cm³/mol. The molecule has 1 saturated carbocycles. The van der Waals surface area contributed by atoms with Crippen molar-refractivity contribution in [3.63, 3.8) is 0 Å². The minimum absolute atomic E-state index is 0.550. The van der Waals surface area contributed by atoms with Gasteiger partial charge in [0.2, 0.25) is 0 Å². The van der Waals surface area contributed by atoms with Gasteiger partial charge in [0.25, 0.3) is 0 Å². The Labute approximate surface area is 113 Å². The van der Waals surface area contributed by atoms with Gasteiger partial charge in [-0.15, -0.1) is 0 Å². The second kappa shape index (κ2) is 5.11. The van der Waals surface area contributed by atoms with Gasteiger partial charge in [0.1, 0.15) is 11.0 Å². The number of hydrogen-bond donors (Lipinski definition) is 0. The predicted octanol–water partition coefficient (Wildman–Crippen LogP) is 1.72. The molecule has 0 spiro atoms. The van der Waals surface area contributed by atoms with E-state index >= 15 is 0 Å². The SMILES string of the molecule is Cc1cc(Cl)nc(CN2CCN(C3CC3)CC2)n1. The van der Waals surface area contributed by atoms with Gasteiger partial charge in [-0.2, -0.15) is 0 Å². The van der Waals surface area contributed by atoms with Crippen molar-refractivity contribution in [3.8, 4) is 0 Å². The highest BCUT2D eigenvalue weighted by Crippen LogP contribution is 2.27. The van der Waals surface area contributed by atoms with Gasteiger partial charge in [-0.05, 0) is 25.8 Å². The molecule has 2 fully saturated rings. The maximum atomic E-state index is 5.96. The summed E-state index contributed by atoms with van der Waals surface area (Å²) in [4.78, 5) is 13.8. The summed E-state index contributed by atoms with van der Waals surface area (Å²) in [7, 11) is 0. The van der Waals surface area contributed by atoms with Crippen molar-refractivity contribution in [1.29, 1.82) is 0 Å². The monoisotopic (exact) mass is 266 g/mol. The van der Waals surface area contributed by atoms with Crippen LogP contribution in [0.25, 0.3) is 0 Å². The van der Waals surface area contributed by atoms with E-state index in [2.05, 4.69) is 19.8 Å². The topological polar surface area (TPSA) is 32.3 Å². The van der Waals surface area contributed by atoms with E-state index in [-0.39, 0.29) is 0 Å². The van der Waals surface area contributed by atoms with Gasteiger partial charge in [0.15, 0.2) is 0 Å². The molecule has 4 nitrogen and oxygen atoms in total. The standard InChI is InChI=1S/C13H19ClN4/c1-10-8-12(14)16-13(15-10)9-17-4-6-18(7-5-17)11-2-3-11/h8,11H,2-7,9H2,1H3. The van der Waals surface area contributed by atoms with Crippen LogP contribution < -0.4 is 0 Å². The minimum Gasteiger partial charge on any atom is -0.298 e. The van der Waals surface area contributed by atoms with Gasteiger partial charge in [-0.25, -0.2) is 9.97 Å². The molecule has 0 bridgehead atoms. The van der Waals surface area contributed by atoms with Crippen LogP contribution in [0, 0.1) is 6.92 Å². The zero-order valence-electron chi connectivity index (χ0n) is 10.8. The molecule has 0 radical (unpaired) electrons. The average molecular weight is 267 g/mol. The van der Waals surface area contributed by atoms with Crippen molar-refractivity contribution in [2.45, 2.75) is 32.4 Å². The zero-order chi connectivity index (χ0) is 12.5. The molecule has 0 unspecified atom stereocenters. The zero-order valence-corrected chi connectivity index (χ0v) is 11.5.